The van der Waals surface area contributed by atoms with E-state index in [0.29, 0.717) is 12.0 Å². The fourth-order valence-corrected chi connectivity index (χ4v) is 3.53. The van der Waals surface area contributed by atoms with E-state index in [1.54, 1.807) is 0 Å². The Labute approximate surface area is 130 Å². The monoisotopic (exact) mass is 289 g/mol. The van der Waals surface area contributed by atoms with Crippen molar-refractivity contribution in [1.82, 2.24) is 9.80 Å². The summed E-state index contributed by atoms with van der Waals surface area (Å²) in [6.45, 7) is 6.67. The van der Waals surface area contributed by atoms with Gasteiger partial charge in [0.2, 0.25) is 0 Å². The summed E-state index contributed by atoms with van der Waals surface area (Å²) in [5.74, 6) is 1.30. The first-order chi connectivity index (χ1) is 10.1. The number of nitrogens with zero attached hydrogens (tertiary/aromatic N) is 2. The zero-order chi connectivity index (χ0) is 15.2. The smallest absolute Gasteiger partial charge is 0.0281 e. The lowest BCUT2D eigenvalue weighted by atomic mass is 9.90. The van der Waals surface area contributed by atoms with E-state index in [-0.39, 0.29) is 0 Å². The first-order valence-corrected chi connectivity index (χ1v) is 8.25. The average molecular weight is 289 g/mol. The van der Waals surface area contributed by atoms with Gasteiger partial charge in [0.1, 0.15) is 0 Å². The summed E-state index contributed by atoms with van der Waals surface area (Å²) >= 11 is 0. The minimum absolute atomic E-state index is 0.423. The van der Waals surface area contributed by atoms with Gasteiger partial charge < -0.3 is 15.5 Å². The number of nitrogens with two attached hydrogens (primary N) is 1. The first-order valence-electron chi connectivity index (χ1n) is 8.25. The van der Waals surface area contributed by atoms with Crippen molar-refractivity contribution in [3.63, 3.8) is 0 Å². The van der Waals surface area contributed by atoms with Crippen LogP contribution in [-0.4, -0.2) is 56.1 Å². The Morgan fingerprint density at radius 2 is 1.86 bits per heavy atom. The van der Waals surface area contributed by atoms with Gasteiger partial charge in [0.15, 0.2) is 0 Å². The molecule has 0 radical (unpaired) electrons. The number of likely N-dealkylation sites (N-methyl/N-ethyl adjacent to an activating group) is 1. The summed E-state index contributed by atoms with van der Waals surface area (Å²) in [6, 6.07) is 11.2. The number of rotatable bonds is 6. The third-order valence-corrected chi connectivity index (χ3v) is 5.09. The third kappa shape index (κ3) is 4.53. The van der Waals surface area contributed by atoms with Crippen LogP contribution in [0.25, 0.3) is 0 Å². The minimum Gasteiger partial charge on any atom is -0.329 e. The molecule has 118 valence electrons. The molecule has 2 atom stereocenters. The summed E-state index contributed by atoms with van der Waals surface area (Å²) in [6.07, 6.45) is 2.63. The van der Waals surface area contributed by atoms with Crippen LogP contribution in [0.4, 0.5) is 0 Å². The van der Waals surface area contributed by atoms with Crippen LogP contribution >= 0.6 is 0 Å². The minimum atomic E-state index is 0.423. The Hall–Kier alpha value is -0.900. The molecule has 1 aromatic carbocycles. The van der Waals surface area contributed by atoms with Crippen molar-refractivity contribution in [2.24, 2.45) is 11.7 Å². The third-order valence-electron chi connectivity index (χ3n) is 5.09. The summed E-state index contributed by atoms with van der Waals surface area (Å²) in [5, 5.41) is 0. The van der Waals surface area contributed by atoms with Crippen molar-refractivity contribution in [2.45, 2.75) is 31.7 Å². The molecule has 0 saturated carbocycles. The highest BCUT2D eigenvalue weighted by molar-refractivity contribution is 5.20. The molecule has 1 fully saturated rings. The van der Waals surface area contributed by atoms with E-state index in [9.17, 15) is 0 Å². The molecule has 21 heavy (non-hydrogen) atoms. The zero-order valence-corrected chi connectivity index (χ0v) is 13.8. The normalized spacial score (nSPS) is 20.6. The predicted octanol–water partition coefficient (Wildman–Crippen LogP) is 2.39. The zero-order valence-electron chi connectivity index (χ0n) is 13.8. The summed E-state index contributed by atoms with van der Waals surface area (Å²) < 4.78 is 0. The van der Waals surface area contributed by atoms with Gasteiger partial charge in [0.25, 0.3) is 0 Å². The van der Waals surface area contributed by atoms with Crippen LogP contribution in [0.5, 0.6) is 0 Å². The van der Waals surface area contributed by atoms with Gasteiger partial charge in [-0.25, -0.2) is 0 Å². The molecule has 1 heterocycles. The molecule has 0 aliphatic carbocycles. The Morgan fingerprint density at radius 1 is 1.24 bits per heavy atom. The Bertz CT molecular complexity index is 398. The number of likely N-dealkylation sites (tertiary alicyclic amines) is 1. The molecule has 0 spiro atoms. The second-order valence-corrected chi connectivity index (χ2v) is 6.69. The molecular formula is C18H31N3. The molecule has 0 aromatic heterocycles. The lowest BCUT2D eigenvalue weighted by Gasteiger charge is -2.37. The molecule has 1 saturated heterocycles. The second kappa shape index (κ2) is 7.92. The van der Waals surface area contributed by atoms with Crippen LogP contribution in [0.15, 0.2) is 30.3 Å². The average Bonchev–Trinajstić information content (AvgIpc) is 2.51. The highest BCUT2D eigenvalue weighted by Gasteiger charge is 2.25. The number of hydrogen-bond donors (Lipinski definition) is 1. The van der Waals surface area contributed by atoms with Gasteiger partial charge in [-0.1, -0.05) is 37.3 Å². The number of piperidine rings is 1. The predicted molar refractivity (Wildman–Crippen MR) is 90.6 cm³/mol. The molecule has 3 heteroatoms. The molecule has 3 nitrogen and oxygen atoms in total. The van der Waals surface area contributed by atoms with Crippen LogP contribution < -0.4 is 5.73 Å². The van der Waals surface area contributed by atoms with Crippen LogP contribution in [0.3, 0.4) is 0 Å². The van der Waals surface area contributed by atoms with Crippen molar-refractivity contribution in [3.05, 3.63) is 35.9 Å². The lowest BCUT2D eigenvalue weighted by Crippen LogP contribution is -2.45. The Kier molecular flexibility index (Phi) is 6.22. The van der Waals surface area contributed by atoms with Gasteiger partial charge in [0, 0.05) is 19.1 Å². The Balaban J connectivity index is 1.93. The molecule has 1 aliphatic rings. The van der Waals surface area contributed by atoms with Crippen molar-refractivity contribution in [3.8, 4) is 0 Å². The number of hydrogen-bond acceptors (Lipinski definition) is 3. The summed E-state index contributed by atoms with van der Waals surface area (Å²) in [4.78, 5) is 4.93. The molecule has 2 N–H and O–H groups in total. The molecule has 2 rings (SSSR count). The van der Waals surface area contributed by atoms with E-state index in [0.717, 1.165) is 12.5 Å². The van der Waals surface area contributed by atoms with Gasteiger partial charge in [0.05, 0.1) is 0 Å². The van der Waals surface area contributed by atoms with Gasteiger partial charge in [-0.05, 0) is 57.4 Å². The van der Waals surface area contributed by atoms with E-state index in [2.05, 4.69) is 61.2 Å². The maximum absolute atomic E-state index is 6.09. The molecule has 0 amide bonds. The van der Waals surface area contributed by atoms with E-state index in [4.69, 9.17) is 5.73 Å². The Morgan fingerprint density at radius 3 is 2.43 bits per heavy atom. The first kappa shape index (κ1) is 16.5. The lowest BCUT2D eigenvalue weighted by molar-refractivity contribution is 0.142. The van der Waals surface area contributed by atoms with Crippen LogP contribution in [0, 0.1) is 5.92 Å². The fourth-order valence-electron chi connectivity index (χ4n) is 3.53. The largest absolute Gasteiger partial charge is 0.329 e. The van der Waals surface area contributed by atoms with Crippen LogP contribution in [-0.2, 0) is 0 Å². The second-order valence-electron chi connectivity index (χ2n) is 6.69. The SMILES string of the molecule is CC(c1ccccc1)C(CN)N(C)CC1CCN(C)CC1. The van der Waals surface area contributed by atoms with Crippen molar-refractivity contribution < 1.29 is 0 Å². The van der Waals surface area contributed by atoms with Gasteiger partial charge in [-0.3, -0.25) is 0 Å². The quantitative estimate of drug-likeness (QED) is 0.873. The summed E-state index contributed by atoms with van der Waals surface area (Å²) in [7, 11) is 4.47. The van der Waals surface area contributed by atoms with Crippen LogP contribution in [0.2, 0.25) is 0 Å². The van der Waals surface area contributed by atoms with Gasteiger partial charge in [-0.2, -0.15) is 0 Å². The summed E-state index contributed by atoms with van der Waals surface area (Å²) in [5.41, 5.74) is 7.48. The highest BCUT2D eigenvalue weighted by atomic mass is 15.2. The molecule has 1 aliphatic heterocycles. The fraction of sp³-hybridized carbons (Fsp3) is 0.667. The van der Waals surface area contributed by atoms with Crippen molar-refractivity contribution in [2.75, 3.05) is 40.3 Å². The van der Waals surface area contributed by atoms with Crippen molar-refractivity contribution >= 4 is 0 Å². The topological polar surface area (TPSA) is 32.5 Å². The van der Waals surface area contributed by atoms with Gasteiger partial charge >= 0.3 is 0 Å². The standard InChI is InChI=1S/C18H31N3/c1-15(17-7-5-4-6-8-17)18(13-19)21(3)14-16-9-11-20(2)12-10-16/h4-8,15-16,18H,9-14,19H2,1-3H3. The molecule has 1 aromatic rings. The van der Waals surface area contributed by atoms with Crippen LogP contribution in [0.1, 0.15) is 31.2 Å². The van der Waals surface area contributed by atoms with E-state index < -0.39 is 0 Å². The maximum atomic E-state index is 6.09. The molecule has 2 unspecified atom stereocenters. The van der Waals surface area contributed by atoms with Crippen molar-refractivity contribution in [1.29, 1.82) is 0 Å². The number of benzene rings is 1. The highest BCUT2D eigenvalue weighted by Crippen LogP contribution is 2.24. The molecular weight excluding hydrogens is 258 g/mol. The molecule has 0 bridgehead atoms. The maximum Gasteiger partial charge on any atom is 0.0281 e. The van der Waals surface area contributed by atoms with Gasteiger partial charge in [-0.15, -0.1) is 0 Å². The van der Waals surface area contributed by atoms with E-state index >= 15 is 0 Å². The van der Waals surface area contributed by atoms with E-state index in [1.165, 1.54) is 38.0 Å². The van der Waals surface area contributed by atoms with E-state index in [1.807, 2.05) is 0 Å².